The molecule has 0 unspecified atom stereocenters. The topological polar surface area (TPSA) is 67.9 Å². The highest BCUT2D eigenvalue weighted by Crippen LogP contribution is 2.35. The zero-order valence-electron chi connectivity index (χ0n) is 18.5. The van der Waals surface area contributed by atoms with E-state index < -0.39 is 0 Å². The van der Waals surface area contributed by atoms with Crippen molar-refractivity contribution in [3.63, 3.8) is 0 Å². The van der Waals surface area contributed by atoms with Crippen molar-refractivity contribution in [2.75, 3.05) is 23.4 Å². The summed E-state index contributed by atoms with van der Waals surface area (Å²) in [7, 11) is 0. The number of carbonyl (C=O) groups is 2. The van der Waals surface area contributed by atoms with Gasteiger partial charge in [-0.1, -0.05) is 42.0 Å². The van der Waals surface area contributed by atoms with Gasteiger partial charge < -0.3 is 19.7 Å². The van der Waals surface area contributed by atoms with Crippen molar-refractivity contribution in [3.8, 4) is 11.5 Å². The molecule has 0 spiro atoms. The first-order valence-corrected chi connectivity index (χ1v) is 10.5. The molecular weight excluding hydrogens is 404 g/mol. The van der Waals surface area contributed by atoms with Crippen LogP contribution in [0.15, 0.2) is 60.7 Å². The van der Waals surface area contributed by atoms with Gasteiger partial charge in [-0.05, 0) is 61.7 Å². The molecule has 3 aromatic rings. The fraction of sp³-hybridized carbons (Fsp3) is 0.231. The molecule has 1 heterocycles. The lowest BCUT2D eigenvalue weighted by Crippen LogP contribution is -2.38. The minimum absolute atomic E-state index is 0.00570. The van der Waals surface area contributed by atoms with Crippen molar-refractivity contribution >= 4 is 23.2 Å². The van der Waals surface area contributed by atoms with Gasteiger partial charge in [-0.25, -0.2) is 0 Å². The first-order chi connectivity index (χ1) is 15.4. The van der Waals surface area contributed by atoms with E-state index in [9.17, 15) is 9.59 Å². The zero-order chi connectivity index (χ0) is 22.7. The highest BCUT2D eigenvalue weighted by molar-refractivity contribution is 5.99. The number of hydrogen-bond acceptors (Lipinski definition) is 4. The van der Waals surface area contributed by atoms with Crippen LogP contribution in [-0.2, 0) is 16.1 Å². The second-order valence-corrected chi connectivity index (χ2v) is 8.04. The highest BCUT2D eigenvalue weighted by Gasteiger charge is 2.26. The lowest BCUT2D eigenvalue weighted by molar-refractivity contribution is -0.121. The minimum Gasteiger partial charge on any atom is -0.483 e. The van der Waals surface area contributed by atoms with Crippen LogP contribution in [0, 0.1) is 20.8 Å². The van der Waals surface area contributed by atoms with Crippen LogP contribution < -0.4 is 19.7 Å². The molecule has 0 radical (unpaired) electrons. The molecule has 0 aromatic heterocycles. The van der Waals surface area contributed by atoms with Gasteiger partial charge in [0.1, 0.15) is 11.5 Å². The van der Waals surface area contributed by atoms with Crippen LogP contribution in [-0.4, -0.2) is 25.0 Å². The quantitative estimate of drug-likeness (QED) is 0.623. The molecule has 0 bridgehead atoms. The maximum atomic E-state index is 12.6. The fourth-order valence-electron chi connectivity index (χ4n) is 3.53. The van der Waals surface area contributed by atoms with E-state index in [4.69, 9.17) is 9.47 Å². The van der Waals surface area contributed by atoms with Crippen molar-refractivity contribution in [2.45, 2.75) is 27.3 Å². The fourth-order valence-corrected chi connectivity index (χ4v) is 3.53. The zero-order valence-corrected chi connectivity index (χ0v) is 18.5. The highest BCUT2D eigenvalue weighted by atomic mass is 16.5. The Morgan fingerprint density at radius 3 is 2.53 bits per heavy atom. The molecule has 3 aromatic carbocycles. The minimum atomic E-state index is -0.279. The third kappa shape index (κ3) is 4.91. The number of anilines is 2. The maximum Gasteiger partial charge on any atom is 0.265 e. The van der Waals surface area contributed by atoms with Crippen molar-refractivity contribution in [1.29, 1.82) is 0 Å². The average molecular weight is 431 g/mol. The number of ether oxygens (including phenoxy) is 2. The van der Waals surface area contributed by atoms with Crippen LogP contribution in [0.4, 0.5) is 11.4 Å². The second-order valence-electron chi connectivity index (χ2n) is 8.04. The first-order valence-electron chi connectivity index (χ1n) is 10.5. The molecule has 1 aliphatic heterocycles. The van der Waals surface area contributed by atoms with Gasteiger partial charge in [-0.3, -0.25) is 9.59 Å². The molecule has 1 N–H and O–H groups in total. The van der Waals surface area contributed by atoms with Crippen LogP contribution in [0.25, 0.3) is 0 Å². The Kier molecular flexibility index (Phi) is 6.12. The van der Waals surface area contributed by atoms with Gasteiger partial charge in [0.25, 0.3) is 11.8 Å². The molecule has 2 amide bonds. The summed E-state index contributed by atoms with van der Waals surface area (Å²) in [4.78, 5) is 26.7. The normalized spacial score (nSPS) is 12.7. The average Bonchev–Trinajstić information content (AvgIpc) is 2.78. The first kappa shape index (κ1) is 21.4. The number of nitrogens with zero attached hydrogens (tertiary/aromatic N) is 1. The number of amides is 2. The molecule has 1 aliphatic rings. The van der Waals surface area contributed by atoms with Crippen molar-refractivity contribution < 1.29 is 19.1 Å². The SMILES string of the molecule is Cc1ccc(CN2C(=O)COc3ccc(NC(=O)COc4cc(C)ccc4C)cc32)cc1. The third-order valence-corrected chi connectivity index (χ3v) is 5.35. The van der Waals surface area contributed by atoms with Gasteiger partial charge in [-0.15, -0.1) is 0 Å². The summed E-state index contributed by atoms with van der Waals surface area (Å²) in [5.41, 5.74) is 5.43. The van der Waals surface area contributed by atoms with Gasteiger partial charge in [0.2, 0.25) is 0 Å². The van der Waals surface area contributed by atoms with Gasteiger partial charge >= 0.3 is 0 Å². The van der Waals surface area contributed by atoms with Crippen LogP contribution in [0.5, 0.6) is 11.5 Å². The maximum absolute atomic E-state index is 12.6. The predicted molar refractivity (Wildman–Crippen MR) is 124 cm³/mol. The molecule has 0 fully saturated rings. The number of hydrogen-bond donors (Lipinski definition) is 1. The Labute approximate surface area is 187 Å². The predicted octanol–water partition coefficient (Wildman–Crippen LogP) is 4.55. The standard InChI is InChI=1S/C26H26N2O4/c1-17-5-8-20(9-6-17)14-28-22-13-21(10-11-23(22)32-16-26(28)30)27-25(29)15-31-24-12-18(2)4-7-19(24)3/h4-13H,14-16H2,1-3H3,(H,27,29). The number of carbonyl (C=O) groups excluding carboxylic acids is 2. The summed E-state index contributed by atoms with van der Waals surface area (Å²) >= 11 is 0. The van der Waals surface area contributed by atoms with E-state index >= 15 is 0 Å². The van der Waals surface area contributed by atoms with Crippen LogP contribution in [0.1, 0.15) is 22.3 Å². The van der Waals surface area contributed by atoms with E-state index in [2.05, 4.69) is 5.32 Å². The summed E-state index contributed by atoms with van der Waals surface area (Å²) in [6.45, 7) is 6.26. The van der Waals surface area contributed by atoms with Gasteiger partial charge in [0, 0.05) is 5.69 Å². The number of benzene rings is 3. The van der Waals surface area contributed by atoms with Crippen molar-refractivity contribution in [3.05, 3.63) is 82.9 Å². The summed E-state index contributed by atoms with van der Waals surface area (Å²) in [6.07, 6.45) is 0. The Morgan fingerprint density at radius 1 is 1.00 bits per heavy atom. The lowest BCUT2D eigenvalue weighted by atomic mass is 10.1. The molecule has 164 valence electrons. The lowest BCUT2D eigenvalue weighted by Gasteiger charge is -2.30. The van der Waals surface area contributed by atoms with E-state index in [-0.39, 0.29) is 25.0 Å². The molecule has 0 saturated heterocycles. The molecule has 4 rings (SSSR count). The van der Waals surface area contributed by atoms with E-state index in [0.29, 0.717) is 29.4 Å². The second kappa shape index (κ2) is 9.14. The van der Waals surface area contributed by atoms with Gasteiger partial charge in [-0.2, -0.15) is 0 Å². The molecule has 6 heteroatoms. The van der Waals surface area contributed by atoms with Gasteiger partial charge in [0.05, 0.1) is 12.2 Å². The Morgan fingerprint density at radius 2 is 1.75 bits per heavy atom. The van der Waals surface area contributed by atoms with Crippen molar-refractivity contribution in [2.24, 2.45) is 0 Å². The van der Waals surface area contributed by atoms with Crippen LogP contribution in [0.3, 0.4) is 0 Å². The summed E-state index contributed by atoms with van der Waals surface area (Å²) in [6, 6.07) is 19.2. The van der Waals surface area contributed by atoms with E-state index in [1.807, 2.05) is 63.2 Å². The number of fused-ring (bicyclic) bond motifs is 1. The summed E-state index contributed by atoms with van der Waals surface area (Å²) in [5, 5.41) is 2.85. The Bertz CT molecular complexity index is 1150. The molecule has 0 atom stereocenters. The smallest absolute Gasteiger partial charge is 0.265 e. The molecule has 0 saturated carbocycles. The van der Waals surface area contributed by atoms with Gasteiger partial charge in [0.15, 0.2) is 13.2 Å². The van der Waals surface area contributed by atoms with Crippen LogP contribution >= 0.6 is 0 Å². The van der Waals surface area contributed by atoms with E-state index in [1.54, 1.807) is 23.1 Å². The number of aryl methyl sites for hydroxylation is 3. The largest absolute Gasteiger partial charge is 0.483 e. The molecule has 6 nitrogen and oxygen atoms in total. The number of rotatable bonds is 6. The number of nitrogens with one attached hydrogen (secondary N) is 1. The summed E-state index contributed by atoms with van der Waals surface area (Å²) < 4.78 is 11.3. The molecule has 0 aliphatic carbocycles. The van der Waals surface area contributed by atoms with Crippen molar-refractivity contribution in [1.82, 2.24) is 0 Å². The monoisotopic (exact) mass is 430 g/mol. The summed E-state index contributed by atoms with van der Waals surface area (Å²) in [5.74, 6) is 0.897. The third-order valence-electron chi connectivity index (χ3n) is 5.35. The van der Waals surface area contributed by atoms with E-state index in [1.165, 1.54) is 0 Å². The van der Waals surface area contributed by atoms with Crippen LogP contribution in [0.2, 0.25) is 0 Å². The Hall–Kier alpha value is -3.80. The Balaban J connectivity index is 1.47. The molecule has 32 heavy (non-hydrogen) atoms. The molecular formula is C26H26N2O4. The van der Waals surface area contributed by atoms with E-state index in [0.717, 1.165) is 22.3 Å².